The van der Waals surface area contributed by atoms with Crippen LogP contribution in [-0.4, -0.2) is 29.3 Å². The van der Waals surface area contributed by atoms with Gasteiger partial charge in [0.15, 0.2) is 0 Å². The number of hydrogen-bond acceptors (Lipinski definition) is 3. The van der Waals surface area contributed by atoms with Gasteiger partial charge in [0.1, 0.15) is 5.82 Å². The smallest absolute Gasteiger partial charge is 0.143 e. The molecule has 2 rings (SSSR count). The SMILES string of the molecule is Cc1cnc(N2CCCCC2CO)c(Br)c1. The molecule has 0 amide bonds. The number of pyridine rings is 1. The van der Waals surface area contributed by atoms with Crippen LogP contribution in [0.3, 0.4) is 0 Å². The molecule has 2 heterocycles. The molecular weight excluding hydrogens is 268 g/mol. The Morgan fingerprint density at radius 2 is 2.38 bits per heavy atom. The fraction of sp³-hybridized carbons (Fsp3) is 0.583. The van der Waals surface area contributed by atoms with Gasteiger partial charge >= 0.3 is 0 Å². The van der Waals surface area contributed by atoms with Gasteiger partial charge in [-0.05, 0) is 53.7 Å². The van der Waals surface area contributed by atoms with Crippen LogP contribution >= 0.6 is 15.9 Å². The molecule has 0 spiro atoms. The van der Waals surface area contributed by atoms with Crippen molar-refractivity contribution in [2.45, 2.75) is 32.2 Å². The quantitative estimate of drug-likeness (QED) is 0.907. The number of hydrogen-bond donors (Lipinski definition) is 1. The van der Waals surface area contributed by atoms with Crippen molar-refractivity contribution in [3.8, 4) is 0 Å². The molecule has 1 atom stereocenters. The Morgan fingerprint density at radius 3 is 3.06 bits per heavy atom. The van der Waals surface area contributed by atoms with Gasteiger partial charge in [-0.3, -0.25) is 0 Å². The third kappa shape index (κ3) is 2.38. The maximum atomic E-state index is 9.38. The minimum Gasteiger partial charge on any atom is -0.394 e. The maximum absolute atomic E-state index is 9.38. The van der Waals surface area contributed by atoms with Crippen LogP contribution in [0.5, 0.6) is 0 Å². The molecule has 3 nitrogen and oxygen atoms in total. The van der Waals surface area contributed by atoms with Crippen molar-refractivity contribution >= 4 is 21.7 Å². The van der Waals surface area contributed by atoms with Crippen LogP contribution in [0.4, 0.5) is 5.82 Å². The second-order valence-electron chi connectivity index (χ2n) is 4.34. The summed E-state index contributed by atoms with van der Waals surface area (Å²) in [6.45, 7) is 3.23. The molecule has 0 bridgehead atoms. The van der Waals surface area contributed by atoms with Crippen molar-refractivity contribution < 1.29 is 5.11 Å². The average molecular weight is 285 g/mol. The second-order valence-corrected chi connectivity index (χ2v) is 5.20. The van der Waals surface area contributed by atoms with E-state index >= 15 is 0 Å². The summed E-state index contributed by atoms with van der Waals surface area (Å²) in [4.78, 5) is 6.68. The van der Waals surface area contributed by atoms with E-state index in [1.54, 1.807) is 0 Å². The lowest BCUT2D eigenvalue weighted by atomic mass is 10.0. The first-order valence-corrected chi connectivity index (χ1v) is 6.51. The third-order valence-corrected chi connectivity index (χ3v) is 3.65. The Hall–Kier alpha value is -0.610. The number of halogens is 1. The van der Waals surface area contributed by atoms with Crippen molar-refractivity contribution in [2.75, 3.05) is 18.1 Å². The monoisotopic (exact) mass is 284 g/mol. The molecule has 1 unspecified atom stereocenters. The highest BCUT2D eigenvalue weighted by molar-refractivity contribution is 9.10. The van der Waals surface area contributed by atoms with Crippen molar-refractivity contribution in [2.24, 2.45) is 0 Å². The second kappa shape index (κ2) is 5.15. The average Bonchev–Trinajstić information content (AvgIpc) is 2.29. The zero-order chi connectivity index (χ0) is 11.5. The number of aromatic nitrogens is 1. The minimum absolute atomic E-state index is 0.210. The molecule has 1 aromatic rings. The van der Waals surface area contributed by atoms with Crippen LogP contribution in [0.2, 0.25) is 0 Å². The van der Waals surface area contributed by atoms with Gasteiger partial charge in [-0.25, -0.2) is 4.98 Å². The molecule has 4 heteroatoms. The highest BCUT2D eigenvalue weighted by Crippen LogP contribution is 2.29. The van der Waals surface area contributed by atoms with Crippen molar-refractivity contribution in [3.05, 3.63) is 22.3 Å². The van der Waals surface area contributed by atoms with Gasteiger partial charge in [0.05, 0.1) is 17.1 Å². The van der Waals surface area contributed by atoms with Crippen molar-refractivity contribution in [1.82, 2.24) is 4.98 Å². The van der Waals surface area contributed by atoms with Crippen LogP contribution < -0.4 is 4.90 Å². The molecular formula is C12H17BrN2O. The van der Waals surface area contributed by atoms with E-state index in [2.05, 4.69) is 31.9 Å². The van der Waals surface area contributed by atoms with Gasteiger partial charge in [-0.1, -0.05) is 0 Å². The van der Waals surface area contributed by atoms with Crippen LogP contribution in [0.1, 0.15) is 24.8 Å². The van der Waals surface area contributed by atoms with Gasteiger partial charge in [0.25, 0.3) is 0 Å². The molecule has 0 aliphatic carbocycles. The predicted octanol–water partition coefficient (Wildman–Crippen LogP) is 2.50. The summed E-state index contributed by atoms with van der Waals surface area (Å²) < 4.78 is 1.02. The Kier molecular flexibility index (Phi) is 3.82. The lowest BCUT2D eigenvalue weighted by Crippen LogP contribution is -2.42. The fourth-order valence-electron chi connectivity index (χ4n) is 2.21. The molecule has 0 radical (unpaired) electrons. The highest BCUT2D eigenvalue weighted by Gasteiger charge is 2.24. The Balaban J connectivity index is 2.27. The van der Waals surface area contributed by atoms with E-state index in [-0.39, 0.29) is 12.6 Å². The highest BCUT2D eigenvalue weighted by atomic mass is 79.9. The van der Waals surface area contributed by atoms with Crippen LogP contribution in [0.15, 0.2) is 16.7 Å². The van der Waals surface area contributed by atoms with Gasteiger partial charge in [0.2, 0.25) is 0 Å². The van der Waals surface area contributed by atoms with E-state index in [0.29, 0.717) is 0 Å². The summed E-state index contributed by atoms with van der Waals surface area (Å²) in [7, 11) is 0. The van der Waals surface area contributed by atoms with Gasteiger partial charge in [-0.15, -0.1) is 0 Å². The van der Waals surface area contributed by atoms with Crippen LogP contribution in [0, 0.1) is 6.92 Å². The molecule has 0 saturated carbocycles. The van der Waals surface area contributed by atoms with Crippen molar-refractivity contribution in [1.29, 1.82) is 0 Å². The number of piperidine rings is 1. The number of rotatable bonds is 2. The maximum Gasteiger partial charge on any atom is 0.143 e. The first kappa shape index (κ1) is 11.9. The zero-order valence-corrected chi connectivity index (χ0v) is 11.1. The normalized spacial score (nSPS) is 21.2. The van der Waals surface area contributed by atoms with Gasteiger partial charge in [0, 0.05) is 12.7 Å². The van der Waals surface area contributed by atoms with E-state index in [0.717, 1.165) is 28.8 Å². The minimum atomic E-state index is 0.210. The Labute approximate surface area is 105 Å². The number of anilines is 1. The lowest BCUT2D eigenvalue weighted by molar-refractivity contribution is 0.239. The molecule has 88 valence electrons. The molecule has 1 N–H and O–H groups in total. The largest absolute Gasteiger partial charge is 0.394 e. The summed E-state index contributed by atoms with van der Waals surface area (Å²) in [5.41, 5.74) is 1.15. The van der Waals surface area contributed by atoms with Gasteiger partial charge in [-0.2, -0.15) is 0 Å². The lowest BCUT2D eigenvalue weighted by Gasteiger charge is -2.36. The first-order valence-electron chi connectivity index (χ1n) is 5.72. The summed E-state index contributed by atoms with van der Waals surface area (Å²) in [5.74, 6) is 0.962. The zero-order valence-electron chi connectivity index (χ0n) is 9.49. The van der Waals surface area contributed by atoms with E-state index < -0.39 is 0 Å². The summed E-state index contributed by atoms with van der Waals surface area (Å²) in [6.07, 6.45) is 5.31. The number of nitrogens with zero attached hydrogens (tertiary/aromatic N) is 2. The first-order chi connectivity index (χ1) is 7.72. The predicted molar refractivity (Wildman–Crippen MR) is 68.7 cm³/mol. The Bertz CT molecular complexity index is 370. The molecule has 1 aliphatic heterocycles. The molecule has 0 aromatic carbocycles. The van der Waals surface area contributed by atoms with E-state index in [9.17, 15) is 5.11 Å². The molecule has 16 heavy (non-hydrogen) atoms. The number of aliphatic hydroxyl groups excluding tert-OH is 1. The van der Waals surface area contributed by atoms with Gasteiger partial charge < -0.3 is 10.0 Å². The number of aliphatic hydroxyl groups is 1. The van der Waals surface area contributed by atoms with E-state index in [1.807, 2.05) is 13.1 Å². The van der Waals surface area contributed by atoms with Crippen molar-refractivity contribution in [3.63, 3.8) is 0 Å². The van der Waals surface area contributed by atoms with E-state index in [4.69, 9.17) is 0 Å². The summed E-state index contributed by atoms with van der Waals surface area (Å²) >= 11 is 3.55. The van der Waals surface area contributed by atoms with E-state index in [1.165, 1.54) is 12.8 Å². The fourth-order valence-corrected chi connectivity index (χ4v) is 2.90. The van der Waals surface area contributed by atoms with Crippen LogP contribution in [0.25, 0.3) is 0 Å². The van der Waals surface area contributed by atoms with Crippen LogP contribution in [-0.2, 0) is 0 Å². The molecule has 1 aliphatic rings. The Morgan fingerprint density at radius 1 is 1.56 bits per heavy atom. The third-order valence-electron chi connectivity index (χ3n) is 3.07. The molecule has 1 aromatic heterocycles. The standard InChI is InChI=1S/C12H17BrN2O/c1-9-6-11(13)12(14-7-9)15-5-3-2-4-10(15)8-16/h6-7,10,16H,2-5,8H2,1H3. The summed E-state index contributed by atoms with van der Waals surface area (Å²) in [6, 6.07) is 2.30. The molecule has 1 saturated heterocycles. The molecule has 1 fully saturated rings. The number of aryl methyl sites for hydroxylation is 1. The summed E-state index contributed by atoms with van der Waals surface area (Å²) in [5, 5.41) is 9.38. The topological polar surface area (TPSA) is 36.4 Å².